The Morgan fingerprint density at radius 3 is 2.48 bits per heavy atom. The number of methoxy groups -OCH3 is 1. The summed E-state index contributed by atoms with van der Waals surface area (Å²) in [5.41, 5.74) is 0.641. The van der Waals surface area contributed by atoms with Gasteiger partial charge in [0.2, 0.25) is 0 Å². The van der Waals surface area contributed by atoms with E-state index in [1.807, 2.05) is 13.0 Å². The van der Waals surface area contributed by atoms with Gasteiger partial charge in [-0.2, -0.15) is 0 Å². The SMILES string of the molecule is CCCCN1CCN(C(C(=O)OC)c2ccccc2)C(=O)C1=O. The van der Waals surface area contributed by atoms with Crippen LogP contribution in [0.5, 0.6) is 0 Å². The summed E-state index contributed by atoms with van der Waals surface area (Å²) in [5, 5.41) is 0. The number of carbonyl (C=O) groups excluding carboxylic acids is 3. The highest BCUT2D eigenvalue weighted by atomic mass is 16.5. The molecule has 23 heavy (non-hydrogen) atoms. The zero-order chi connectivity index (χ0) is 16.8. The molecular formula is C17H22N2O4. The van der Waals surface area contributed by atoms with Crippen molar-refractivity contribution in [1.29, 1.82) is 0 Å². The summed E-state index contributed by atoms with van der Waals surface area (Å²) < 4.78 is 4.84. The summed E-state index contributed by atoms with van der Waals surface area (Å²) in [7, 11) is 1.28. The quantitative estimate of drug-likeness (QED) is 0.587. The summed E-state index contributed by atoms with van der Waals surface area (Å²) >= 11 is 0. The molecule has 0 aliphatic carbocycles. The second-order valence-electron chi connectivity index (χ2n) is 5.48. The molecule has 0 radical (unpaired) electrons. The molecule has 1 saturated heterocycles. The topological polar surface area (TPSA) is 66.9 Å². The summed E-state index contributed by atoms with van der Waals surface area (Å²) in [6.45, 7) is 3.36. The molecule has 0 spiro atoms. The highest BCUT2D eigenvalue weighted by molar-refractivity contribution is 6.35. The summed E-state index contributed by atoms with van der Waals surface area (Å²) in [5.74, 6) is -1.74. The van der Waals surface area contributed by atoms with E-state index in [4.69, 9.17) is 4.74 Å². The molecular weight excluding hydrogens is 296 g/mol. The fourth-order valence-electron chi connectivity index (χ4n) is 2.69. The lowest BCUT2D eigenvalue weighted by Gasteiger charge is -2.37. The monoisotopic (exact) mass is 318 g/mol. The van der Waals surface area contributed by atoms with Gasteiger partial charge in [0.05, 0.1) is 7.11 Å². The number of carbonyl (C=O) groups is 3. The number of piperazine rings is 1. The number of esters is 1. The molecule has 1 fully saturated rings. The van der Waals surface area contributed by atoms with Gasteiger partial charge in [-0.25, -0.2) is 4.79 Å². The standard InChI is InChI=1S/C17H22N2O4/c1-3-4-10-18-11-12-19(16(21)15(18)20)14(17(22)23-2)13-8-6-5-7-9-13/h5-9,14H,3-4,10-12H2,1-2H3. The maximum atomic E-state index is 12.5. The van der Waals surface area contributed by atoms with Gasteiger partial charge in [-0.05, 0) is 12.0 Å². The first-order valence-electron chi connectivity index (χ1n) is 7.82. The van der Waals surface area contributed by atoms with E-state index in [0.29, 0.717) is 25.2 Å². The van der Waals surface area contributed by atoms with E-state index in [-0.39, 0.29) is 0 Å². The van der Waals surface area contributed by atoms with Crippen molar-refractivity contribution in [3.05, 3.63) is 35.9 Å². The molecule has 2 rings (SSSR count). The normalized spacial score (nSPS) is 16.4. The molecule has 1 aromatic carbocycles. The van der Waals surface area contributed by atoms with Gasteiger partial charge in [0.1, 0.15) is 0 Å². The zero-order valence-electron chi connectivity index (χ0n) is 13.5. The number of unbranched alkanes of at least 4 members (excludes halogenated alkanes) is 1. The second-order valence-corrected chi connectivity index (χ2v) is 5.48. The van der Waals surface area contributed by atoms with Gasteiger partial charge in [-0.15, -0.1) is 0 Å². The molecule has 1 aliphatic heterocycles. The van der Waals surface area contributed by atoms with Gasteiger partial charge in [-0.3, -0.25) is 9.59 Å². The molecule has 0 aromatic heterocycles. The van der Waals surface area contributed by atoms with E-state index >= 15 is 0 Å². The number of ether oxygens (including phenoxy) is 1. The maximum Gasteiger partial charge on any atom is 0.333 e. The molecule has 1 heterocycles. The Morgan fingerprint density at radius 2 is 1.87 bits per heavy atom. The lowest BCUT2D eigenvalue weighted by atomic mass is 10.0. The number of amides is 2. The molecule has 6 heteroatoms. The van der Waals surface area contributed by atoms with Crippen LogP contribution in [0.1, 0.15) is 31.4 Å². The molecule has 124 valence electrons. The Morgan fingerprint density at radius 1 is 1.17 bits per heavy atom. The molecule has 6 nitrogen and oxygen atoms in total. The third-order valence-electron chi connectivity index (χ3n) is 3.97. The number of hydrogen-bond acceptors (Lipinski definition) is 4. The number of rotatable bonds is 6. The third-order valence-corrected chi connectivity index (χ3v) is 3.97. The van der Waals surface area contributed by atoms with E-state index < -0.39 is 23.8 Å². The average Bonchev–Trinajstić information content (AvgIpc) is 2.59. The van der Waals surface area contributed by atoms with Crippen molar-refractivity contribution in [3.63, 3.8) is 0 Å². The van der Waals surface area contributed by atoms with E-state index in [9.17, 15) is 14.4 Å². The van der Waals surface area contributed by atoms with Crippen LogP contribution in [-0.4, -0.2) is 54.3 Å². The number of nitrogens with zero attached hydrogens (tertiary/aromatic N) is 2. The molecule has 0 N–H and O–H groups in total. The lowest BCUT2D eigenvalue weighted by Crippen LogP contribution is -2.56. The Hall–Kier alpha value is -2.37. The second kappa shape index (κ2) is 7.76. The first-order chi connectivity index (χ1) is 11.1. The molecule has 0 bridgehead atoms. The Labute approximate surface area is 136 Å². The highest BCUT2D eigenvalue weighted by Gasteiger charge is 2.40. The van der Waals surface area contributed by atoms with Crippen LogP contribution in [0.25, 0.3) is 0 Å². The molecule has 1 atom stereocenters. The predicted octanol–water partition coefficient (Wildman–Crippen LogP) is 1.37. The number of hydrogen-bond donors (Lipinski definition) is 0. The van der Waals surface area contributed by atoms with Crippen LogP contribution in [0.2, 0.25) is 0 Å². The Balaban J connectivity index is 2.22. The predicted molar refractivity (Wildman–Crippen MR) is 84.4 cm³/mol. The molecule has 1 aliphatic rings. The van der Waals surface area contributed by atoms with E-state index in [1.165, 1.54) is 12.0 Å². The van der Waals surface area contributed by atoms with Crippen LogP contribution < -0.4 is 0 Å². The molecule has 1 aromatic rings. The van der Waals surface area contributed by atoms with E-state index in [2.05, 4.69) is 0 Å². The third kappa shape index (κ3) is 3.70. The van der Waals surface area contributed by atoms with Gasteiger partial charge in [-0.1, -0.05) is 43.7 Å². The minimum absolute atomic E-state index is 0.322. The van der Waals surface area contributed by atoms with Gasteiger partial charge in [0, 0.05) is 19.6 Å². The van der Waals surface area contributed by atoms with Crippen LogP contribution >= 0.6 is 0 Å². The van der Waals surface area contributed by atoms with E-state index in [0.717, 1.165) is 12.8 Å². The minimum atomic E-state index is -0.883. The average molecular weight is 318 g/mol. The van der Waals surface area contributed by atoms with Crippen molar-refractivity contribution < 1.29 is 19.1 Å². The van der Waals surface area contributed by atoms with Gasteiger partial charge in [0.25, 0.3) is 0 Å². The summed E-state index contributed by atoms with van der Waals surface area (Å²) in [6, 6.07) is 8.02. The van der Waals surface area contributed by atoms with Gasteiger partial charge in [0.15, 0.2) is 6.04 Å². The molecule has 2 amide bonds. The Bertz CT molecular complexity index is 573. The first kappa shape index (κ1) is 17.0. The fourth-order valence-corrected chi connectivity index (χ4v) is 2.69. The molecule has 1 unspecified atom stereocenters. The van der Waals surface area contributed by atoms with Crippen LogP contribution in [-0.2, 0) is 19.1 Å². The van der Waals surface area contributed by atoms with Crippen LogP contribution in [0.15, 0.2) is 30.3 Å². The van der Waals surface area contributed by atoms with Gasteiger partial charge < -0.3 is 14.5 Å². The first-order valence-corrected chi connectivity index (χ1v) is 7.82. The highest BCUT2D eigenvalue weighted by Crippen LogP contribution is 2.24. The Kier molecular flexibility index (Phi) is 5.73. The molecule has 0 saturated carbocycles. The van der Waals surface area contributed by atoms with Gasteiger partial charge >= 0.3 is 17.8 Å². The maximum absolute atomic E-state index is 12.5. The van der Waals surface area contributed by atoms with Crippen molar-refractivity contribution in [2.24, 2.45) is 0 Å². The number of benzene rings is 1. The van der Waals surface area contributed by atoms with Crippen molar-refractivity contribution in [2.75, 3.05) is 26.7 Å². The van der Waals surface area contributed by atoms with Crippen molar-refractivity contribution in [1.82, 2.24) is 9.80 Å². The van der Waals surface area contributed by atoms with Crippen LogP contribution in [0.4, 0.5) is 0 Å². The largest absolute Gasteiger partial charge is 0.467 e. The van der Waals surface area contributed by atoms with Crippen molar-refractivity contribution >= 4 is 17.8 Å². The summed E-state index contributed by atoms with van der Waals surface area (Å²) in [4.78, 5) is 39.8. The van der Waals surface area contributed by atoms with E-state index in [1.54, 1.807) is 29.2 Å². The summed E-state index contributed by atoms with van der Waals surface area (Å²) in [6.07, 6.45) is 1.81. The lowest BCUT2D eigenvalue weighted by molar-refractivity contribution is -0.163. The van der Waals surface area contributed by atoms with Crippen LogP contribution in [0, 0.1) is 0 Å². The van der Waals surface area contributed by atoms with Crippen LogP contribution in [0.3, 0.4) is 0 Å². The zero-order valence-corrected chi connectivity index (χ0v) is 13.5. The minimum Gasteiger partial charge on any atom is -0.467 e. The van der Waals surface area contributed by atoms with Crippen molar-refractivity contribution in [2.45, 2.75) is 25.8 Å². The van der Waals surface area contributed by atoms with Crippen molar-refractivity contribution in [3.8, 4) is 0 Å². The smallest absolute Gasteiger partial charge is 0.333 e. The fraction of sp³-hybridized carbons (Fsp3) is 0.471.